The number of carbonyl (C=O) groups is 1. The van der Waals surface area contributed by atoms with Gasteiger partial charge in [-0.15, -0.1) is 0 Å². The minimum atomic E-state index is -0.216. The molecule has 86 valence electrons. The summed E-state index contributed by atoms with van der Waals surface area (Å²) in [6, 6.07) is 11.3. The van der Waals surface area contributed by atoms with E-state index in [1.54, 1.807) is 12.3 Å². The van der Waals surface area contributed by atoms with Crippen LogP contribution < -0.4 is 5.32 Å². The van der Waals surface area contributed by atoms with Crippen molar-refractivity contribution in [3.05, 3.63) is 64.9 Å². The van der Waals surface area contributed by atoms with Gasteiger partial charge in [-0.2, -0.15) is 0 Å². The van der Waals surface area contributed by atoms with Gasteiger partial charge in [-0.25, -0.2) is 0 Å². The number of carbonyl (C=O) groups excluding carboxylic acids is 1. The number of pyridine rings is 1. The fourth-order valence-electron chi connectivity index (χ4n) is 1.42. The van der Waals surface area contributed by atoms with Crippen LogP contribution in [0.2, 0.25) is 5.02 Å². The van der Waals surface area contributed by atoms with Gasteiger partial charge >= 0.3 is 0 Å². The molecule has 0 aliphatic rings. The third kappa shape index (κ3) is 3.04. The Morgan fingerprint density at radius 3 is 2.71 bits per heavy atom. The van der Waals surface area contributed by atoms with Crippen LogP contribution in [0.4, 0.5) is 0 Å². The molecule has 4 heteroatoms. The maximum atomic E-state index is 11.8. The molecular formula is C13H11ClN2O. The van der Waals surface area contributed by atoms with Gasteiger partial charge < -0.3 is 5.32 Å². The highest BCUT2D eigenvalue weighted by Gasteiger charge is 2.09. The van der Waals surface area contributed by atoms with Crippen molar-refractivity contribution in [2.24, 2.45) is 0 Å². The molecule has 0 spiro atoms. The van der Waals surface area contributed by atoms with E-state index in [0.717, 1.165) is 5.56 Å². The topological polar surface area (TPSA) is 42.0 Å². The molecule has 0 radical (unpaired) electrons. The number of halogens is 1. The summed E-state index contributed by atoms with van der Waals surface area (Å²) >= 11 is 5.90. The number of hydrogen-bond donors (Lipinski definition) is 1. The summed E-state index contributed by atoms with van der Waals surface area (Å²) in [6.45, 7) is 0.477. The summed E-state index contributed by atoms with van der Waals surface area (Å²) < 4.78 is 0. The van der Waals surface area contributed by atoms with Crippen molar-refractivity contribution in [3.8, 4) is 0 Å². The molecule has 0 saturated heterocycles. The van der Waals surface area contributed by atoms with Crippen LogP contribution in [0.25, 0.3) is 0 Å². The van der Waals surface area contributed by atoms with Gasteiger partial charge in [-0.3, -0.25) is 9.78 Å². The molecule has 1 amide bonds. The van der Waals surface area contributed by atoms with Gasteiger partial charge in [0.15, 0.2) is 0 Å². The maximum absolute atomic E-state index is 11.8. The van der Waals surface area contributed by atoms with E-state index in [0.29, 0.717) is 17.1 Å². The standard InChI is InChI=1S/C13H11ClN2O/c14-12-6-7-15-9-11(12)13(17)16-8-10-4-2-1-3-5-10/h1-7,9H,8H2,(H,16,17). The van der Waals surface area contributed by atoms with Crippen LogP contribution in [0.1, 0.15) is 15.9 Å². The van der Waals surface area contributed by atoms with E-state index < -0.39 is 0 Å². The minimum absolute atomic E-state index is 0.216. The molecule has 3 nitrogen and oxygen atoms in total. The predicted molar refractivity (Wildman–Crippen MR) is 66.9 cm³/mol. The Hall–Kier alpha value is -1.87. The van der Waals surface area contributed by atoms with Crippen LogP contribution in [-0.4, -0.2) is 10.9 Å². The summed E-state index contributed by atoms with van der Waals surface area (Å²) in [7, 11) is 0. The first-order valence-electron chi connectivity index (χ1n) is 5.19. The molecular weight excluding hydrogens is 236 g/mol. The fourth-order valence-corrected chi connectivity index (χ4v) is 1.61. The summed E-state index contributed by atoms with van der Waals surface area (Å²) in [6.07, 6.45) is 3.01. The van der Waals surface area contributed by atoms with Crippen molar-refractivity contribution in [3.63, 3.8) is 0 Å². The first-order valence-corrected chi connectivity index (χ1v) is 5.57. The lowest BCUT2D eigenvalue weighted by atomic mass is 10.2. The molecule has 1 aromatic carbocycles. The molecule has 2 aromatic rings. The van der Waals surface area contributed by atoms with Crippen LogP contribution in [0.15, 0.2) is 48.8 Å². The first kappa shape index (κ1) is 11.6. The lowest BCUT2D eigenvalue weighted by molar-refractivity contribution is 0.0950. The molecule has 0 fully saturated rings. The zero-order valence-electron chi connectivity index (χ0n) is 9.06. The predicted octanol–water partition coefficient (Wildman–Crippen LogP) is 2.67. The lowest BCUT2D eigenvalue weighted by Crippen LogP contribution is -2.23. The third-order valence-corrected chi connectivity index (χ3v) is 2.64. The Labute approximate surface area is 104 Å². The highest BCUT2D eigenvalue weighted by molar-refractivity contribution is 6.33. The van der Waals surface area contributed by atoms with Crippen molar-refractivity contribution in [2.75, 3.05) is 0 Å². The van der Waals surface area contributed by atoms with Gasteiger partial charge in [0.2, 0.25) is 0 Å². The van der Waals surface area contributed by atoms with Gasteiger partial charge in [-0.1, -0.05) is 41.9 Å². The number of rotatable bonds is 3. The average Bonchev–Trinajstić information content (AvgIpc) is 2.38. The van der Waals surface area contributed by atoms with Crippen molar-refractivity contribution < 1.29 is 4.79 Å². The van der Waals surface area contributed by atoms with Gasteiger partial charge in [0, 0.05) is 18.9 Å². The van der Waals surface area contributed by atoms with E-state index in [1.807, 2.05) is 30.3 Å². The first-order chi connectivity index (χ1) is 8.27. The third-order valence-electron chi connectivity index (χ3n) is 2.31. The molecule has 1 N–H and O–H groups in total. The Balaban J connectivity index is 2.01. The monoisotopic (exact) mass is 246 g/mol. The molecule has 0 aliphatic carbocycles. The van der Waals surface area contributed by atoms with E-state index in [2.05, 4.69) is 10.3 Å². The largest absolute Gasteiger partial charge is 0.348 e. The molecule has 1 aromatic heterocycles. The van der Waals surface area contributed by atoms with E-state index in [9.17, 15) is 4.79 Å². The van der Waals surface area contributed by atoms with Crippen molar-refractivity contribution in [1.82, 2.24) is 10.3 Å². The summed E-state index contributed by atoms with van der Waals surface area (Å²) in [5.41, 5.74) is 1.44. The molecule has 0 unspecified atom stereocenters. The highest BCUT2D eigenvalue weighted by Crippen LogP contribution is 2.13. The van der Waals surface area contributed by atoms with E-state index in [1.165, 1.54) is 6.20 Å². The number of amides is 1. The number of aromatic nitrogens is 1. The molecule has 17 heavy (non-hydrogen) atoms. The lowest BCUT2D eigenvalue weighted by Gasteiger charge is -2.06. The van der Waals surface area contributed by atoms with Crippen molar-refractivity contribution in [2.45, 2.75) is 6.54 Å². The Kier molecular flexibility index (Phi) is 3.73. The van der Waals surface area contributed by atoms with E-state index in [4.69, 9.17) is 11.6 Å². The number of benzene rings is 1. The zero-order valence-corrected chi connectivity index (χ0v) is 9.82. The fraction of sp³-hybridized carbons (Fsp3) is 0.0769. The highest BCUT2D eigenvalue weighted by atomic mass is 35.5. The number of nitrogens with one attached hydrogen (secondary N) is 1. The quantitative estimate of drug-likeness (QED) is 0.905. The summed E-state index contributed by atoms with van der Waals surface area (Å²) in [5, 5.41) is 3.20. The van der Waals surface area contributed by atoms with Gasteiger partial charge in [0.05, 0.1) is 10.6 Å². The Morgan fingerprint density at radius 2 is 2.00 bits per heavy atom. The molecule has 1 heterocycles. The second kappa shape index (κ2) is 5.46. The molecule has 0 aliphatic heterocycles. The zero-order chi connectivity index (χ0) is 12.1. The molecule has 2 rings (SSSR count). The van der Waals surface area contributed by atoms with Crippen LogP contribution in [0, 0.1) is 0 Å². The molecule has 0 saturated carbocycles. The van der Waals surface area contributed by atoms with E-state index in [-0.39, 0.29) is 5.91 Å². The Bertz CT molecular complexity index is 514. The SMILES string of the molecule is O=C(NCc1ccccc1)c1cnccc1Cl. The second-order valence-electron chi connectivity index (χ2n) is 3.52. The smallest absolute Gasteiger partial charge is 0.254 e. The second-order valence-corrected chi connectivity index (χ2v) is 3.93. The van der Waals surface area contributed by atoms with Gasteiger partial charge in [0.1, 0.15) is 0 Å². The van der Waals surface area contributed by atoms with Crippen LogP contribution in [0.3, 0.4) is 0 Å². The average molecular weight is 247 g/mol. The molecule has 0 atom stereocenters. The van der Waals surface area contributed by atoms with Crippen molar-refractivity contribution in [1.29, 1.82) is 0 Å². The van der Waals surface area contributed by atoms with Gasteiger partial charge in [0.25, 0.3) is 5.91 Å². The van der Waals surface area contributed by atoms with Gasteiger partial charge in [-0.05, 0) is 11.6 Å². The minimum Gasteiger partial charge on any atom is -0.348 e. The number of nitrogens with zero attached hydrogens (tertiary/aromatic N) is 1. The van der Waals surface area contributed by atoms with E-state index >= 15 is 0 Å². The summed E-state index contributed by atoms with van der Waals surface area (Å²) in [4.78, 5) is 15.7. The Morgan fingerprint density at radius 1 is 1.24 bits per heavy atom. The van der Waals surface area contributed by atoms with Crippen molar-refractivity contribution >= 4 is 17.5 Å². The van der Waals surface area contributed by atoms with Crippen LogP contribution >= 0.6 is 11.6 Å². The normalized spacial score (nSPS) is 9.94. The van der Waals surface area contributed by atoms with Crippen LogP contribution in [0.5, 0.6) is 0 Å². The summed E-state index contributed by atoms with van der Waals surface area (Å²) in [5.74, 6) is -0.216. The number of hydrogen-bond acceptors (Lipinski definition) is 2. The maximum Gasteiger partial charge on any atom is 0.254 e. The molecule has 0 bridgehead atoms. The van der Waals surface area contributed by atoms with Crippen LogP contribution in [-0.2, 0) is 6.54 Å².